The molecule has 1 aromatic heterocycles. The molecule has 0 aliphatic carbocycles. The number of hydrogen-bond donors (Lipinski definition) is 2. The van der Waals surface area contributed by atoms with Crippen molar-refractivity contribution in [2.45, 2.75) is 141 Å². The summed E-state index contributed by atoms with van der Waals surface area (Å²) in [4.78, 5) is 48.5. The Kier molecular flexibility index (Phi) is 14.3. The second-order valence-corrected chi connectivity index (χ2v) is 17.7. The van der Waals surface area contributed by atoms with Crippen molar-refractivity contribution in [3.63, 3.8) is 0 Å². The van der Waals surface area contributed by atoms with Crippen molar-refractivity contribution in [2.75, 3.05) is 34.3 Å². The van der Waals surface area contributed by atoms with E-state index in [1.807, 2.05) is 89.2 Å². The number of nitrogens with two attached hydrogens (primary N) is 1. The minimum Gasteiger partial charge on any atom is -0.456 e. The largest absolute Gasteiger partial charge is 0.456 e. The monoisotopic (exact) mass is 827 g/mol. The quantitative estimate of drug-likeness (QED) is 0.252. The number of pyridine rings is 1. The number of Topliss-reactive ketones (excluding diaryl/α,β-unsaturated/α-hetero) is 1. The Labute approximate surface area is 348 Å². The number of carbonyl (C=O) groups is 3. The van der Waals surface area contributed by atoms with Crippen LogP contribution in [0.1, 0.15) is 80.7 Å². The van der Waals surface area contributed by atoms with E-state index in [0.717, 1.165) is 23.4 Å². The molecule has 3 aliphatic rings. The van der Waals surface area contributed by atoms with Gasteiger partial charge in [0.2, 0.25) is 0 Å². The van der Waals surface area contributed by atoms with Crippen LogP contribution in [-0.2, 0) is 33.3 Å². The van der Waals surface area contributed by atoms with Crippen molar-refractivity contribution >= 4 is 34.8 Å². The number of esters is 1. The van der Waals surface area contributed by atoms with E-state index in [-0.39, 0.29) is 31.1 Å². The van der Waals surface area contributed by atoms with Crippen LogP contribution < -0.4 is 5.73 Å². The summed E-state index contributed by atoms with van der Waals surface area (Å²) >= 11 is 0. The molecular formula is C44H66FN5O9. The molecule has 3 N–H and O–H groups in total. The Morgan fingerprint density at radius 1 is 1.07 bits per heavy atom. The number of aromatic nitrogens is 1. The molecule has 0 bridgehead atoms. The average molecular weight is 828 g/mol. The molecule has 0 radical (unpaired) electrons. The van der Waals surface area contributed by atoms with Gasteiger partial charge in [-0.15, -0.1) is 0 Å². The van der Waals surface area contributed by atoms with Gasteiger partial charge in [0.1, 0.15) is 12.2 Å². The highest BCUT2D eigenvalue weighted by molar-refractivity contribution is 6.07. The van der Waals surface area contributed by atoms with Crippen molar-refractivity contribution in [1.82, 2.24) is 19.9 Å². The molecule has 1 aromatic carbocycles. The molecule has 15 heteroatoms. The van der Waals surface area contributed by atoms with E-state index < -0.39 is 83.2 Å². The molecular weight excluding hydrogens is 762 g/mol. The SMILES string of the molecule is CCN(C)N1C(=O)O[C@]2(C)[C@H](C)OC(=O)C(C)(F)C(=O)[C@H](C)[C@@H](O[C@@H]3O[C@H](C)C[C@H](N(C)C)[C@H]3O)[C@@](C)(OC/C=C/c3cccc4cccnc34)C[C@@H](C)C(N)[C@@H](C)[C@@H]12. The molecule has 14 atom stereocenters. The van der Waals surface area contributed by atoms with Crippen LogP contribution in [0.15, 0.2) is 42.6 Å². The predicted molar refractivity (Wildman–Crippen MR) is 221 cm³/mol. The topological polar surface area (TPSA) is 166 Å². The maximum atomic E-state index is 17.0. The third kappa shape index (κ3) is 9.21. The summed E-state index contributed by atoms with van der Waals surface area (Å²) in [6.45, 7) is 15.4. The zero-order valence-corrected chi connectivity index (χ0v) is 36.8. The van der Waals surface area contributed by atoms with Gasteiger partial charge in [-0.05, 0) is 79.5 Å². The van der Waals surface area contributed by atoms with E-state index >= 15 is 4.39 Å². The van der Waals surface area contributed by atoms with Crippen molar-refractivity contribution in [3.8, 4) is 0 Å². The zero-order valence-electron chi connectivity index (χ0n) is 36.8. The van der Waals surface area contributed by atoms with Crippen LogP contribution in [-0.4, -0.2) is 143 Å². The number of alkyl halides is 1. The summed E-state index contributed by atoms with van der Waals surface area (Å²) < 4.78 is 48.6. The minimum atomic E-state index is -3.17. The molecule has 3 fully saturated rings. The summed E-state index contributed by atoms with van der Waals surface area (Å²) in [7, 11) is 5.44. The van der Waals surface area contributed by atoms with Crippen molar-refractivity contribution in [1.29, 1.82) is 0 Å². The number of aliphatic hydroxyl groups is 1. The lowest BCUT2D eigenvalue weighted by molar-refractivity contribution is -0.297. The van der Waals surface area contributed by atoms with Crippen LogP contribution in [0.5, 0.6) is 0 Å². The summed E-state index contributed by atoms with van der Waals surface area (Å²) in [5.74, 6) is -4.77. The fourth-order valence-electron chi connectivity index (χ4n) is 9.30. The third-order valence-electron chi connectivity index (χ3n) is 13.1. The number of nitrogens with zero attached hydrogens (tertiary/aromatic N) is 4. The Hall–Kier alpha value is -3.57. The van der Waals surface area contributed by atoms with Crippen LogP contribution in [0.2, 0.25) is 0 Å². The molecule has 59 heavy (non-hydrogen) atoms. The number of aliphatic hydroxyl groups excluding tert-OH is 1. The van der Waals surface area contributed by atoms with Gasteiger partial charge in [0, 0.05) is 48.7 Å². The summed E-state index contributed by atoms with van der Waals surface area (Å²) in [5, 5.41) is 15.8. The molecule has 3 saturated heterocycles. The first-order valence-electron chi connectivity index (χ1n) is 20.8. The molecule has 0 saturated carbocycles. The Morgan fingerprint density at radius 3 is 2.41 bits per heavy atom. The van der Waals surface area contributed by atoms with Gasteiger partial charge in [-0.3, -0.25) is 9.78 Å². The van der Waals surface area contributed by atoms with E-state index in [0.29, 0.717) is 13.0 Å². The number of rotatable bonds is 9. The van der Waals surface area contributed by atoms with E-state index in [1.54, 1.807) is 32.1 Å². The fraction of sp³-hybridized carbons (Fsp3) is 0.682. The number of cyclic esters (lactones) is 1. The number of fused-ring (bicyclic) bond motifs is 2. The molecule has 2 aromatic rings. The van der Waals surface area contributed by atoms with Gasteiger partial charge < -0.3 is 39.4 Å². The lowest BCUT2D eigenvalue weighted by atomic mass is 9.72. The first kappa shape index (κ1) is 46.5. The maximum Gasteiger partial charge on any atom is 0.425 e. The van der Waals surface area contributed by atoms with Crippen molar-refractivity contribution in [3.05, 3.63) is 48.2 Å². The molecule has 5 rings (SSSR count). The number of ketones is 1. The van der Waals surface area contributed by atoms with Gasteiger partial charge in [-0.1, -0.05) is 64.1 Å². The number of hydrazine groups is 1. The minimum absolute atomic E-state index is 0.0212. The van der Waals surface area contributed by atoms with Gasteiger partial charge in [0.25, 0.3) is 5.67 Å². The van der Waals surface area contributed by atoms with E-state index in [9.17, 15) is 19.5 Å². The molecule has 3 aliphatic heterocycles. The fourth-order valence-corrected chi connectivity index (χ4v) is 9.30. The molecule has 4 heterocycles. The summed E-state index contributed by atoms with van der Waals surface area (Å²) in [6.07, 6.45) is 0.267. The second-order valence-electron chi connectivity index (χ2n) is 17.7. The molecule has 328 valence electrons. The molecule has 14 nitrogen and oxygen atoms in total. The number of likely N-dealkylation sites (N-methyl/N-ethyl adjacent to an activating group) is 1. The van der Waals surface area contributed by atoms with Crippen LogP contribution in [0.4, 0.5) is 9.18 Å². The van der Waals surface area contributed by atoms with Crippen LogP contribution >= 0.6 is 0 Å². The number of amides is 1. The number of carbonyl (C=O) groups excluding carboxylic acids is 3. The Bertz CT molecular complexity index is 1840. The van der Waals surface area contributed by atoms with Gasteiger partial charge in [-0.2, -0.15) is 0 Å². The predicted octanol–water partition coefficient (Wildman–Crippen LogP) is 5.15. The third-order valence-corrected chi connectivity index (χ3v) is 13.1. The normalized spacial score (nSPS) is 39.1. The lowest BCUT2D eigenvalue weighted by Crippen LogP contribution is -2.63. The van der Waals surface area contributed by atoms with Gasteiger partial charge in [-0.25, -0.2) is 24.0 Å². The smallest absolute Gasteiger partial charge is 0.425 e. The highest BCUT2D eigenvalue weighted by Crippen LogP contribution is 2.44. The second kappa shape index (κ2) is 18.2. The van der Waals surface area contributed by atoms with Crippen molar-refractivity contribution in [2.24, 2.45) is 23.5 Å². The van der Waals surface area contributed by atoms with Gasteiger partial charge in [0.05, 0.1) is 36.0 Å². The summed E-state index contributed by atoms with van der Waals surface area (Å²) in [6, 6.07) is 7.96. The van der Waals surface area contributed by atoms with Gasteiger partial charge >= 0.3 is 12.1 Å². The lowest BCUT2D eigenvalue weighted by Gasteiger charge is -2.48. The Balaban J connectivity index is 1.62. The number of hydrogen-bond acceptors (Lipinski definition) is 13. The number of para-hydroxylation sites is 1. The number of halogens is 1. The molecule has 2 unspecified atom stereocenters. The average Bonchev–Trinajstić information content (AvgIpc) is 3.47. The van der Waals surface area contributed by atoms with E-state index in [4.69, 9.17) is 29.4 Å². The van der Waals surface area contributed by atoms with E-state index in [1.165, 1.54) is 18.9 Å². The van der Waals surface area contributed by atoms with Crippen molar-refractivity contribution < 1.29 is 47.6 Å². The zero-order chi connectivity index (χ0) is 43.8. The van der Waals surface area contributed by atoms with Crippen LogP contribution in [0, 0.1) is 17.8 Å². The highest BCUT2D eigenvalue weighted by Gasteiger charge is 2.62. The molecule has 1 amide bonds. The van der Waals surface area contributed by atoms with Crippen LogP contribution in [0.3, 0.4) is 0 Å². The highest BCUT2D eigenvalue weighted by atomic mass is 19.1. The maximum absolute atomic E-state index is 17.0. The van der Waals surface area contributed by atoms with Crippen LogP contribution in [0.25, 0.3) is 17.0 Å². The standard InChI is InChI=1S/C44H66FN5O9/c1-13-49(12)50-36-27(4)33(46)25(2)24-42(7,55-22-16-20-31-18-14-17-30-19-15-21-47-34(30)31)38(58-39-35(51)32(48(10)11)23-26(3)56-39)28(5)37(52)43(8,45)40(53)57-29(6)44(36,9)59-41(50)54/h14-21,25-29,32-33,35-36,38-39,51H,13,22-24,46H2,1-12H3/b20-16+/t25-,26-,27-,28+,29+,32+,33?,35-,36-,38-,39+,42+,43?,44-/m1/s1. The summed E-state index contributed by atoms with van der Waals surface area (Å²) in [5.41, 5.74) is 2.80. The van der Waals surface area contributed by atoms with Gasteiger partial charge in [0.15, 0.2) is 17.7 Å². The van der Waals surface area contributed by atoms with E-state index in [2.05, 4.69) is 4.98 Å². The number of ether oxygens (including phenoxy) is 5. The number of benzene rings is 1. The Morgan fingerprint density at radius 2 is 1.75 bits per heavy atom. The molecule has 0 spiro atoms. The first-order valence-corrected chi connectivity index (χ1v) is 20.8. The first-order chi connectivity index (χ1) is 27.6.